The fourth-order valence-electron chi connectivity index (χ4n) is 2.12. The molecule has 1 aromatic rings. The van der Waals surface area contributed by atoms with Crippen molar-refractivity contribution in [1.82, 2.24) is 0 Å². The van der Waals surface area contributed by atoms with E-state index < -0.39 is 0 Å². The van der Waals surface area contributed by atoms with E-state index in [1.54, 1.807) is 6.92 Å². The molecule has 1 aromatic carbocycles. The van der Waals surface area contributed by atoms with Gasteiger partial charge in [0.15, 0.2) is 0 Å². The van der Waals surface area contributed by atoms with Gasteiger partial charge in [-0.2, -0.15) is 5.26 Å². The van der Waals surface area contributed by atoms with Crippen molar-refractivity contribution < 1.29 is 4.39 Å². The van der Waals surface area contributed by atoms with Gasteiger partial charge in [0, 0.05) is 24.3 Å². The summed E-state index contributed by atoms with van der Waals surface area (Å²) in [6, 6.07) is 5.48. The van der Waals surface area contributed by atoms with Crippen LogP contribution in [0.1, 0.15) is 44.4 Å². The second-order valence-electron chi connectivity index (χ2n) is 5.14. The maximum atomic E-state index is 13.7. The number of anilines is 1. The average Bonchev–Trinajstić information content (AvgIpc) is 2.32. The monoisotopic (exact) mass is 263 g/mol. The second-order valence-corrected chi connectivity index (χ2v) is 5.14. The Kier molecular flexibility index (Phi) is 5.31. The third-order valence-electron chi connectivity index (χ3n) is 3.20. The van der Waals surface area contributed by atoms with Crippen LogP contribution >= 0.6 is 0 Å². The van der Waals surface area contributed by atoms with E-state index in [2.05, 4.69) is 24.8 Å². The number of hydrogen-bond donors (Lipinski definition) is 1. The zero-order chi connectivity index (χ0) is 14.6. The first-order chi connectivity index (χ1) is 8.88. The highest BCUT2D eigenvalue weighted by molar-refractivity contribution is 5.57. The zero-order valence-electron chi connectivity index (χ0n) is 12.1. The first kappa shape index (κ1) is 15.5. The van der Waals surface area contributed by atoms with Crippen LogP contribution < -0.4 is 10.6 Å². The lowest BCUT2D eigenvalue weighted by Gasteiger charge is -2.31. The fraction of sp³-hybridized carbons (Fsp3) is 0.533. The topological polar surface area (TPSA) is 53.0 Å². The third kappa shape index (κ3) is 3.68. The van der Waals surface area contributed by atoms with Gasteiger partial charge < -0.3 is 10.6 Å². The highest BCUT2D eigenvalue weighted by Crippen LogP contribution is 2.29. The molecule has 0 unspecified atom stereocenters. The fourth-order valence-corrected chi connectivity index (χ4v) is 2.12. The number of nitrogens with zero attached hydrogens (tertiary/aromatic N) is 2. The summed E-state index contributed by atoms with van der Waals surface area (Å²) in [5, 5.41) is 8.76. The normalized spacial score (nSPS) is 12.3. The number of nitriles is 1. The van der Waals surface area contributed by atoms with E-state index in [4.69, 9.17) is 11.0 Å². The Bertz CT molecular complexity index is 475. The minimum absolute atomic E-state index is 0.232. The minimum Gasteiger partial charge on any atom is -0.368 e. The number of aryl methyl sites for hydroxylation is 1. The van der Waals surface area contributed by atoms with Gasteiger partial charge >= 0.3 is 0 Å². The van der Waals surface area contributed by atoms with Crippen molar-refractivity contribution in [1.29, 1.82) is 5.26 Å². The summed E-state index contributed by atoms with van der Waals surface area (Å²) < 4.78 is 13.7. The zero-order valence-corrected chi connectivity index (χ0v) is 12.1. The molecule has 3 nitrogen and oxygen atoms in total. The Labute approximate surface area is 114 Å². The summed E-state index contributed by atoms with van der Waals surface area (Å²) in [6.07, 6.45) is 0.437. The van der Waals surface area contributed by atoms with Gasteiger partial charge in [-0.15, -0.1) is 0 Å². The van der Waals surface area contributed by atoms with Crippen LogP contribution in [0.25, 0.3) is 0 Å². The van der Waals surface area contributed by atoms with Gasteiger partial charge in [0.1, 0.15) is 5.82 Å². The SMILES string of the molecule is Cc1cc(N(CCC#N)C(C)C)c([C@H](C)N)cc1F. The van der Waals surface area contributed by atoms with Crippen LogP contribution in [-0.4, -0.2) is 12.6 Å². The van der Waals surface area contributed by atoms with Crippen LogP contribution in [-0.2, 0) is 0 Å². The highest BCUT2D eigenvalue weighted by Gasteiger charge is 2.18. The minimum atomic E-state index is -0.242. The van der Waals surface area contributed by atoms with Gasteiger partial charge in [-0.1, -0.05) is 0 Å². The van der Waals surface area contributed by atoms with E-state index in [0.717, 1.165) is 11.3 Å². The number of halogens is 1. The largest absolute Gasteiger partial charge is 0.368 e. The van der Waals surface area contributed by atoms with Crippen molar-refractivity contribution in [3.8, 4) is 6.07 Å². The standard InChI is InChI=1S/C15H22FN3/c1-10(2)19(7-5-6-17)15-8-11(3)14(16)9-13(15)12(4)18/h8-10,12H,5,7,18H2,1-4H3/t12-/m0/s1. The van der Waals surface area contributed by atoms with E-state index in [0.29, 0.717) is 18.5 Å². The molecule has 1 rings (SSSR count). The van der Waals surface area contributed by atoms with Crippen LogP contribution in [0.2, 0.25) is 0 Å². The third-order valence-corrected chi connectivity index (χ3v) is 3.20. The van der Waals surface area contributed by atoms with Crippen LogP contribution in [0.5, 0.6) is 0 Å². The Balaban J connectivity index is 3.28. The highest BCUT2D eigenvalue weighted by atomic mass is 19.1. The number of hydrogen-bond acceptors (Lipinski definition) is 3. The maximum Gasteiger partial charge on any atom is 0.126 e. The molecule has 19 heavy (non-hydrogen) atoms. The lowest BCUT2D eigenvalue weighted by atomic mass is 10.0. The smallest absolute Gasteiger partial charge is 0.126 e. The van der Waals surface area contributed by atoms with Gasteiger partial charge in [-0.05, 0) is 51.0 Å². The average molecular weight is 263 g/mol. The maximum absolute atomic E-state index is 13.7. The second kappa shape index (κ2) is 6.53. The molecule has 0 amide bonds. The molecule has 1 atom stereocenters. The summed E-state index contributed by atoms with van der Waals surface area (Å²) in [5.74, 6) is -0.236. The number of nitrogens with two attached hydrogens (primary N) is 1. The number of rotatable bonds is 5. The molecule has 0 bridgehead atoms. The molecule has 0 saturated carbocycles. The van der Waals surface area contributed by atoms with E-state index in [1.165, 1.54) is 6.07 Å². The Morgan fingerprint density at radius 2 is 2.00 bits per heavy atom. The first-order valence-corrected chi connectivity index (χ1v) is 6.57. The van der Waals surface area contributed by atoms with Gasteiger partial charge in [-0.25, -0.2) is 4.39 Å². The molecule has 0 heterocycles. The molecule has 0 aromatic heterocycles. The Morgan fingerprint density at radius 3 is 2.47 bits per heavy atom. The molecule has 0 radical (unpaired) electrons. The molecule has 0 saturated heterocycles. The molecule has 4 heteroatoms. The molecule has 0 aliphatic rings. The Hall–Kier alpha value is -1.60. The molecular weight excluding hydrogens is 241 g/mol. The summed E-state index contributed by atoms with van der Waals surface area (Å²) in [5.41, 5.74) is 8.26. The van der Waals surface area contributed by atoms with Crippen molar-refractivity contribution in [3.05, 3.63) is 29.1 Å². The van der Waals surface area contributed by atoms with Crippen molar-refractivity contribution >= 4 is 5.69 Å². The van der Waals surface area contributed by atoms with E-state index in [9.17, 15) is 4.39 Å². The van der Waals surface area contributed by atoms with Gasteiger partial charge in [0.05, 0.1) is 12.5 Å². The molecule has 104 valence electrons. The first-order valence-electron chi connectivity index (χ1n) is 6.57. The van der Waals surface area contributed by atoms with Crippen LogP contribution in [0.15, 0.2) is 12.1 Å². The lowest BCUT2D eigenvalue weighted by Crippen LogP contribution is -2.33. The van der Waals surface area contributed by atoms with Gasteiger partial charge in [0.25, 0.3) is 0 Å². The van der Waals surface area contributed by atoms with E-state index in [1.807, 2.05) is 13.0 Å². The summed E-state index contributed by atoms with van der Waals surface area (Å²) in [7, 11) is 0. The Morgan fingerprint density at radius 1 is 1.37 bits per heavy atom. The molecule has 0 spiro atoms. The summed E-state index contributed by atoms with van der Waals surface area (Å²) in [6.45, 7) is 8.32. The van der Waals surface area contributed by atoms with Crippen molar-refractivity contribution in [2.24, 2.45) is 5.73 Å². The van der Waals surface area contributed by atoms with E-state index >= 15 is 0 Å². The van der Waals surface area contributed by atoms with Gasteiger partial charge in [-0.3, -0.25) is 0 Å². The van der Waals surface area contributed by atoms with Crippen LogP contribution in [0.3, 0.4) is 0 Å². The summed E-state index contributed by atoms with van der Waals surface area (Å²) >= 11 is 0. The summed E-state index contributed by atoms with van der Waals surface area (Å²) in [4.78, 5) is 2.11. The predicted molar refractivity (Wildman–Crippen MR) is 76.5 cm³/mol. The van der Waals surface area contributed by atoms with Crippen LogP contribution in [0.4, 0.5) is 10.1 Å². The molecule has 0 aliphatic heterocycles. The predicted octanol–water partition coefficient (Wildman–Crippen LogP) is 3.28. The molecule has 0 fully saturated rings. The van der Waals surface area contributed by atoms with Gasteiger partial charge in [0.2, 0.25) is 0 Å². The van der Waals surface area contributed by atoms with E-state index in [-0.39, 0.29) is 17.9 Å². The quantitative estimate of drug-likeness (QED) is 0.887. The number of benzene rings is 1. The van der Waals surface area contributed by atoms with Crippen molar-refractivity contribution in [2.75, 3.05) is 11.4 Å². The van der Waals surface area contributed by atoms with Crippen molar-refractivity contribution in [2.45, 2.75) is 46.2 Å². The van der Waals surface area contributed by atoms with Crippen LogP contribution in [0, 0.1) is 24.1 Å². The lowest BCUT2D eigenvalue weighted by molar-refractivity contribution is 0.609. The molecular formula is C15H22FN3. The molecule has 2 N–H and O–H groups in total. The molecule has 0 aliphatic carbocycles. The van der Waals surface area contributed by atoms with Crippen molar-refractivity contribution in [3.63, 3.8) is 0 Å².